The molecule has 1 aliphatic heterocycles. The zero-order valence-corrected chi connectivity index (χ0v) is 14.8. The molecule has 1 aromatic rings. The molecule has 1 aromatic carbocycles. The largest absolute Gasteiger partial charge is 0.396 e. The van der Waals surface area contributed by atoms with E-state index >= 15 is 0 Å². The highest BCUT2D eigenvalue weighted by molar-refractivity contribution is 7.85. The Balaban J connectivity index is 2.18. The highest BCUT2D eigenvalue weighted by Gasteiger charge is 2.45. The Morgan fingerprint density at radius 1 is 1.33 bits per heavy atom. The molecule has 0 amide bonds. The summed E-state index contributed by atoms with van der Waals surface area (Å²) in [7, 11) is -3.61. The van der Waals surface area contributed by atoms with Crippen molar-refractivity contribution in [3.63, 3.8) is 0 Å². The molecule has 1 atom stereocenters. The third-order valence-electron chi connectivity index (χ3n) is 3.92. The number of aliphatic hydroxyl groups is 1. The molecule has 0 radical (unpaired) electrons. The van der Waals surface area contributed by atoms with E-state index in [4.69, 9.17) is 9.02 Å². The summed E-state index contributed by atoms with van der Waals surface area (Å²) in [5, 5.41) is 14.0. The fraction of sp³-hybridized carbons (Fsp3) is 0.562. The van der Waals surface area contributed by atoms with Crippen molar-refractivity contribution < 1.29 is 22.5 Å². The molecule has 1 N–H and O–H groups in total. The van der Waals surface area contributed by atoms with E-state index in [9.17, 15) is 13.5 Å². The van der Waals surface area contributed by atoms with Crippen LogP contribution in [0, 0.1) is 5.41 Å². The summed E-state index contributed by atoms with van der Waals surface area (Å²) in [5.74, 6) is 0. The molecule has 0 saturated carbocycles. The zero-order chi connectivity index (χ0) is 17.6. The number of hydrogen-bond donors (Lipinski definition) is 1. The molecule has 0 aromatic heterocycles. The summed E-state index contributed by atoms with van der Waals surface area (Å²) >= 11 is 0. The van der Waals surface area contributed by atoms with Crippen molar-refractivity contribution in [3.8, 4) is 0 Å². The Bertz CT molecular complexity index is 662. The number of rotatable bonds is 8. The van der Waals surface area contributed by atoms with Crippen molar-refractivity contribution in [2.45, 2.75) is 13.5 Å². The topological polar surface area (TPSA) is 88.4 Å². The van der Waals surface area contributed by atoms with Gasteiger partial charge in [-0.25, -0.2) is 0 Å². The van der Waals surface area contributed by atoms with Crippen LogP contribution < -0.4 is 0 Å². The van der Waals surface area contributed by atoms with E-state index in [2.05, 4.69) is 10.1 Å². The van der Waals surface area contributed by atoms with Crippen LogP contribution in [-0.2, 0) is 25.7 Å². The second-order valence-corrected chi connectivity index (χ2v) is 7.64. The third-order valence-corrected chi connectivity index (χ3v) is 4.46. The van der Waals surface area contributed by atoms with Crippen molar-refractivity contribution in [3.05, 3.63) is 35.9 Å². The molecular weight excluding hydrogens is 332 g/mol. The van der Waals surface area contributed by atoms with Gasteiger partial charge in [0.05, 0.1) is 30.6 Å². The minimum atomic E-state index is -3.61. The molecule has 7 nitrogen and oxygen atoms in total. The lowest BCUT2D eigenvalue weighted by atomic mass is 9.87. The number of likely N-dealkylation sites (tertiary alicyclic amines) is 1. The van der Waals surface area contributed by atoms with Crippen molar-refractivity contribution >= 4 is 15.8 Å². The first-order chi connectivity index (χ1) is 11.4. The standard InChI is InChI=1S/C16H24N2O5S/c1-3-22-17-15-10-18(9-14-7-5-4-6-8-14)11-16(15,12-19)13-23-24(2,20)21/h4-8,19H,3,9-13H2,1-2H3/b17-15+. The van der Waals surface area contributed by atoms with Crippen LogP contribution in [0.3, 0.4) is 0 Å². The third kappa shape index (κ3) is 5.01. The Morgan fingerprint density at radius 2 is 2.04 bits per heavy atom. The van der Waals surface area contributed by atoms with Gasteiger partial charge in [0.25, 0.3) is 10.1 Å². The van der Waals surface area contributed by atoms with E-state index in [0.29, 0.717) is 32.0 Å². The van der Waals surface area contributed by atoms with E-state index in [1.165, 1.54) is 0 Å². The molecule has 134 valence electrons. The number of aliphatic hydroxyl groups excluding tert-OH is 1. The van der Waals surface area contributed by atoms with Gasteiger partial charge in [0.15, 0.2) is 0 Å². The second kappa shape index (κ2) is 8.06. The molecule has 1 saturated heterocycles. The van der Waals surface area contributed by atoms with Gasteiger partial charge in [0.1, 0.15) is 6.61 Å². The number of oxime groups is 1. The van der Waals surface area contributed by atoms with Crippen molar-refractivity contribution in [1.82, 2.24) is 4.90 Å². The molecule has 0 aliphatic carbocycles. The van der Waals surface area contributed by atoms with Gasteiger partial charge < -0.3 is 9.94 Å². The Labute approximate surface area is 143 Å². The fourth-order valence-electron chi connectivity index (χ4n) is 2.71. The van der Waals surface area contributed by atoms with Gasteiger partial charge in [-0.1, -0.05) is 35.5 Å². The van der Waals surface area contributed by atoms with Crippen LogP contribution in [0.15, 0.2) is 35.5 Å². The average molecular weight is 356 g/mol. The van der Waals surface area contributed by atoms with Gasteiger partial charge in [0.2, 0.25) is 0 Å². The first-order valence-corrected chi connectivity index (χ1v) is 9.61. The van der Waals surface area contributed by atoms with Gasteiger partial charge in [0, 0.05) is 19.6 Å². The van der Waals surface area contributed by atoms with Crippen LogP contribution in [-0.4, -0.2) is 63.3 Å². The summed E-state index contributed by atoms with van der Waals surface area (Å²) in [4.78, 5) is 7.24. The quantitative estimate of drug-likeness (QED) is 0.549. The van der Waals surface area contributed by atoms with E-state index in [1.807, 2.05) is 37.3 Å². The van der Waals surface area contributed by atoms with E-state index < -0.39 is 15.5 Å². The molecule has 1 aliphatic rings. The van der Waals surface area contributed by atoms with E-state index in [1.54, 1.807) is 0 Å². The normalized spacial score (nSPS) is 23.7. The van der Waals surface area contributed by atoms with Gasteiger partial charge in [-0.3, -0.25) is 9.08 Å². The molecule has 1 unspecified atom stereocenters. The Kier molecular flexibility index (Phi) is 6.34. The molecule has 0 spiro atoms. The van der Waals surface area contributed by atoms with E-state index in [-0.39, 0.29) is 13.2 Å². The molecular formula is C16H24N2O5S. The SMILES string of the molecule is CCO/N=C1\CN(Cc2ccccc2)CC1(CO)COS(C)(=O)=O. The maximum absolute atomic E-state index is 11.4. The van der Waals surface area contributed by atoms with Gasteiger partial charge >= 0.3 is 0 Å². The van der Waals surface area contributed by atoms with Gasteiger partial charge in [-0.15, -0.1) is 0 Å². The summed E-state index contributed by atoms with van der Waals surface area (Å²) in [6.45, 7) is 3.40. The lowest BCUT2D eigenvalue weighted by Crippen LogP contribution is -2.40. The van der Waals surface area contributed by atoms with Crippen LogP contribution in [0.25, 0.3) is 0 Å². The first-order valence-electron chi connectivity index (χ1n) is 7.79. The number of nitrogens with zero attached hydrogens (tertiary/aromatic N) is 2. The molecule has 1 fully saturated rings. The summed E-state index contributed by atoms with van der Waals surface area (Å²) < 4.78 is 27.7. The van der Waals surface area contributed by atoms with Gasteiger partial charge in [-0.2, -0.15) is 8.42 Å². The summed E-state index contributed by atoms with van der Waals surface area (Å²) in [6.07, 6.45) is 0.994. The van der Waals surface area contributed by atoms with Crippen LogP contribution in [0.1, 0.15) is 12.5 Å². The lowest BCUT2D eigenvalue weighted by molar-refractivity contribution is 0.103. The average Bonchev–Trinajstić information content (AvgIpc) is 2.89. The molecule has 0 bridgehead atoms. The Morgan fingerprint density at radius 3 is 2.62 bits per heavy atom. The molecule has 2 rings (SSSR count). The maximum atomic E-state index is 11.4. The lowest BCUT2D eigenvalue weighted by Gasteiger charge is -2.26. The highest BCUT2D eigenvalue weighted by atomic mass is 32.2. The predicted molar refractivity (Wildman–Crippen MR) is 91.1 cm³/mol. The van der Waals surface area contributed by atoms with Crippen LogP contribution >= 0.6 is 0 Å². The van der Waals surface area contributed by atoms with Crippen molar-refractivity contribution in [1.29, 1.82) is 0 Å². The minimum absolute atomic E-state index is 0.153. The summed E-state index contributed by atoms with van der Waals surface area (Å²) in [5.41, 5.74) is 0.852. The van der Waals surface area contributed by atoms with Crippen LogP contribution in [0.4, 0.5) is 0 Å². The fourth-order valence-corrected chi connectivity index (χ4v) is 3.15. The van der Waals surface area contributed by atoms with Crippen molar-refractivity contribution in [2.75, 3.05) is 39.2 Å². The van der Waals surface area contributed by atoms with Crippen LogP contribution in [0.2, 0.25) is 0 Å². The predicted octanol–water partition coefficient (Wildman–Crippen LogP) is 0.850. The van der Waals surface area contributed by atoms with Gasteiger partial charge in [-0.05, 0) is 12.5 Å². The minimum Gasteiger partial charge on any atom is -0.396 e. The van der Waals surface area contributed by atoms with Crippen molar-refractivity contribution in [2.24, 2.45) is 10.6 Å². The number of benzene rings is 1. The summed E-state index contributed by atoms with van der Waals surface area (Å²) in [6, 6.07) is 9.92. The zero-order valence-electron chi connectivity index (χ0n) is 14.0. The number of hydrogen-bond acceptors (Lipinski definition) is 7. The first kappa shape index (κ1) is 18.9. The van der Waals surface area contributed by atoms with E-state index in [0.717, 1.165) is 11.8 Å². The Hall–Kier alpha value is -1.48. The second-order valence-electron chi connectivity index (χ2n) is 5.99. The molecule has 24 heavy (non-hydrogen) atoms. The molecule has 1 heterocycles. The van der Waals surface area contributed by atoms with Crippen LogP contribution in [0.5, 0.6) is 0 Å². The highest BCUT2D eigenvalue weighted by Crippen LogP contribution is 2.30. The maximum Gasteiger partial charge on any atom is 0.264 e. The smallest absolute Gasteiger partial charge is 0.264 e. The molecule has 8 heteroatoms. The monoisotopic (exact) mass is 356 g/mol.